The Kier molecular flexibility index (Phi) is 2.97. The first-order chi connectivity index (χ1) is 7.63. The molecule has 1 aromatic heterocycles. The van der Waals surface area contributed by atoms with Crippen LogP contribution in [0, 0.1) is 6.92 Å². The van der Waals surface area contributed by atoms with Crippen LogP contribution in [0.5, 0.6) is 0 Å². The van der Waals surface area contributed by atoms with Crippen molar-refractivity contribution in [3.63, 3.8) is 0 Å². The van der Waals surface area contributed by atoms with E-state index >= 15 is 0 Å². The van der Waals surface area contributed by atoms with Gasteiger partial charge in [-0.2, -0.15) is 0 Å². The van der Waals surface area contributed by atoms with Crippen LogP contribution < -0.4 is 5.46 Å². The van der Waals surface area contributed by atoms with E-state index in [2.05, 4.69) is 19.2 Å². The normalized spacial score (nSPS) is 11.4. The molecule has 0 fully saturated rings. The molecule has 0 saturated carbocycles. The van der Waals surface area contributed by atoms with Crippen LogP contribution in [0.15, 0.2) is 40.2 Å². The monoisotopic (exact) mass is 226 g/mol. The van der Waals surface area contributed by atoms with E-state index < -0.39 is 0 Å². The number of rotatable bonds is 2. The van der Waals surface area contributed by atoms with Gasteiger partial charge in [0.1, 0.15) is 19.2 Å². The van der Waals surface area contributed by atoms with Gasteiger partial charge in [-0.05, 0) is 13.0 Å². The highest BCUT2D eigenvalue weighted by Crippen LogP contribution is 2.26. The van der Waals surface area contributed by atoms with Crippen molar-refractivity contribution < 1.29 is 4.42 Å². The Morgan fingerprint density at radius 2 is 2.19 bits per heavy atom. The van der Waals surface area contributed by atoms with Gasteiger partial charge >= 0.3 is 0 Å². The number of hydrogen-bond donors (Lipinski definition) is 1. The highest BCUT2D eigenvalue weighted by atomic mass is 32.1. The van der Waals surface area contributed by atoms with E-state index in [0.29, 0.717) is 5.46 Å². The van der Waals surface area contributed by atoms with Crippen molar-refractivity contribution in [3.05, 3.63) is 42.2 Å². The second-order valence-corrected chi connectivity index (χ2v) is 4.09. The number of aryl methyl sites for hydroxylation is 1. The molecule has 2 rings (SSSR count). The molecule has 0 aliphatic heterocycles. The van der Waals surface area contributed by atoms with Crippen molar-refractivity contribution in [1.29, 1.82) is 0 Å². The summed E-state index contributed by atoms with van der Waals surface area (Å²) < 4.78 is 5.64. The van der Waals surface area contributed by atoms with Crippen molar-refractivity contribution >= 4 is 43.0 Å². The molecule has 2 aromatic rings. The first-order valence-electron chi connectivity index (χ1n) is 4.94. The van der Waals surface area contributed by atoms with Crippen LogP contribution >= 0.6 is 12.6 Å². The lowest BCUT2D eigenvalue weighted by atomic mass is 9.90. The largest absolute Gasteiger partial charge is 0.461 e. The topological polar surface area (TPSA) is 13.1 Å². The van der Waals surface area contributed by atoms with E-state index in [9.17, 15) is 0 Å². The molecular formula is C13H11BOS. The van der Waals surface area contributed by atoms with E-state index in [-0.39, 0.29) is 0 Å². The number of fused-ring (bicyclic) bond motifs is 1. The van der Waals surface area contributed by atoms with Gasteiger partial charge in [0.25, 0.3) is 0 Å². The SMILES string of the molecule is [B]c1cc(S)cc2oc(C)c(/C=C\C=C)c12. The van der Waals surface area contributed by atoms with E-state index in [4.69, 9.17) is 12.3 Å². The Balaban J connectivity index is 2.78. The third kappa shape index (κ3) is 1.83. The molecule has 0 saturated heterocycles. The Labute approximate surface area is 102 Å². The van der Waals surface area contributed by atoms with Gasteiger partial charge in [0.15, 0.2) is 0 Å². The van der Waals surface area contributed by atoms with Gasteiger partial charge in [0.2, 0.25) is 0 Å². The maximum Gasteiger partial charge on any atom is 0.135 e. The molecule has 0 aliphatic carbocycles. The van der Waals surface area contributed by atoms with Crippen LogP contribution in [0.4, 0.5) is 0 Å². The molecule has 0 atom stereocenters. The molecule has 16 heavy (non-hydrogen) atoms. The molecule has 1 aromatic carbocycles. The molecule has 78 valence electrons. The van der Waals surface area contributed by atoms with Crippen LogP contribution in [0.1, 0.15) is 11.3 Å². The lowest BCUT2D eigenvalue weighted by molar-refractivity contribution is 0.577. The summed E-state index contributed by atoms with van der Waals surface area (Å²) in [6, 6.07) is 3.69. The quantitative estimate of drug-likeness (QED) is 0.472. The lowest BCUT2D eigenvalue weighted by Gasteiger charge is -1.99. The first kappa shape index (κ1) is 11.1. The second-order valence-electron chi connectivity index (χ2n) is 3.57. The summed E-state index contributed by atoms with van der Waals surface area (Å²) in [5, 5.41) is 0.938. The van der Waals surface area contributed by atoms with Crippen LogP contribution in [0.3, 0.4) is 0 Å². The molecule has 0 bridgehead atoms. The summed E-state index contributed by atoms with van der Waals surface area (Å²) in [5.41, 5.74) is 2.45. The van der Waals surface area contributed by atoms with Gasteiger partial charge in [-0.1, -0.05) is 36.3 Å². The average Bonchev–Trinajstić information content (AvgIpc) is 2.51. The smallest absolute Gasteiger partial charge is 0.135 e. The third-order valence-corrected chi connectivity index (χ3v) is 2.69. The van der Waals surface area contributed by atoms with Gasteiger partial charge in [-0.15, -0.1) is 12.6 Å². The summed E-state index contributed by atoms with van der Waals surface area (Å²) in [6.07, 6.45) is 5.54. The minimum absolute atomic E-state index is 0.683. The van der Waals surface area contributed by atoms with Crippen molar-refractivity contribution in [2.24, 2.45) is 0 Å². The highest BCUT2D eigenvalue weighted by molar-refractivity contribution is 7.80. The van der Waals surface area contributed by atoms with Crippen molar-refractivity contribution in [3.8, 4) is 0 Å². The van der Waals surface area contributed by atoms with Crippen molar-refractivity contribution in [2.45, 2.75) is 11.8 Å². The fourth-order valence-electron chi connectivity index (χ4n) is 1.75. The van der Waals surface area contributed by atoms with Crippen LogP contribution in [0.2, 0.25) is 0 Å². The zero-order chi connectivity index (χ0) is 11.7. The number of thiol groups is 1. The number of hydrogen-bond acceptors (Lipinski definition) is 2. The Hall–Kier alpha value is -1.35. The van der Waals surface area contributed by atoms with Crippen LogP contribution in [0.25, 0.3) is 17.0 Å². The Morgan fingerprint density at radius 3 is 2.88 bits per heavy atom. The summed E-state index contributed by atoms with van der Waals surface area (Å²) in [5.74, 6) is 0.846. The van der Waals surface area contributed by atoms with E-state index in [1.165, 1.54) is 0 Å². The average molecular weight is 226 g/mol. The number of furan rings is 1. The molecule has 0 unspecified atom stereocenters. The summed E-state index contributed by atoms with van der Waals surface area (Å²) in [6.45, 7) is 5.56. The molecule has 0 spiro atoms. The van der Waals surface area contributed by atoms with Gasteiger partial charge in [0.05, 0.1) is 0 Å². The standard InChI is InChI=1S/C13H11BOS/c1-3-4-5-10-8(2)15-12-7-9(16)6-11(14)13(10)12/h3-7,16H,1H2,2H3/b5-4-. The highest BCUT2D eigenvalue weighted by Gasteiger charge is 2.10. The predicted molar refractivity (Wildman–Crippen MR) is 72.8 cm³/mol. The summed E-state index contributed by atoms with van der Waals surface area (Å²) >= 11 is 4.27. The fourth-order valence-corrected chi connectivity index (χ4v) is 2.01. The fraction of sp³-hybridized carbons (Fsp3) is 0.0769. The van der Waals surface area contributed by atoms with Crippen molar-refractivity contribution in [1.82, 2.24) is 0 Å². The minimum Gasteiger partial charge on any atom is -0.461 e. The number of allylic oxidation sites excluding steroid dienone is 2. The predicted octanol–water partition coefficient (Wildman–Crippen LogP) is 3.02. The van der Waals surface area contributed by atoms with Crippen LogP contribution in [-0.2, 0) is 0 Å². The zero-order valence-electron chi connectivity index (χ0n) is 9.03. The lowest BCUT2D eigenvalue weighted by Crippen LogP contribution is -2.03. The van der Waals surface area contributed by atoms with E-state index in [1.807, 2.05) is 31.2 Å². The first-order valence-corrected chi connectivity index (χ1v) is 5.39. The molecule has 0 N–H and O–H groups in total. The molecule has 1 nitrogen and oxygen atoms in total. The van der Waals surface area contributed by atoms with E-state index in [0.717, 1.165) is 27.2 Å². The van der Waals surface area contributed by atoms with Gasteiger partial charge < -0.3 is 4.42 Å². The molecule has 1 heterocycles. The summed E-state index contributed by atoms with van der Waals surface area (Å²) in [4.78, 5) is 0.804. The van der Waals surface area contributed by atoms with Crippen LogP contribution in [-0.4, -0.2) is 7.85 Å². The molecule has 2 radical (unpaired) electrons. The van der Waals surface area contributed by atoms with Gasteiger partial charge in [0, 0.05) is 15.8 Å². The molecule has 0 aliphatic rings. The number of benzene rings is 1. The molecular weight excluding hydrogens is 215 g/mol. The third-order valence-electron chi connectivity index (χ3n) is 2.43. The maximum atomic E-state index is 5.97. The van der Waals surface area contributed by atoms with E-state index in [1.54, 1.807) is 6.08 Å². The molecule has 3 heteroatoms. The summed E-state index contributed by atoms with van der Waals surface area (Å²) in [7, 11) is 5.97. The second kappa shape index (κ2) is 4.26. The molecule has 0 amide bonds. The maximum absolute atomic E-state index is 5.97. The Morgan fingerprint density at radius 1 is 1.44 bits per heavy atom. The Bertz CT molecular complexity index is 581. The van der Waals surface area contributed by atoms with Crippen molar-refractivity contribution in [2.75, 3.05) is 0 Å². The van der Waals surface area contributed by atoms with Gasteiger partial charge in [-0.3, -0.25) is 0 Å². The van der Waals surface area contributed by atoms with Gasteiger partial charge in [-0.25, -0.2) is 0 Å². The minimum atomic E-state index is 0.683. The zero-order valence-corrected chi connectivity index (χ0v) is 9.92.